The molecule has 0 spiro atoms. The molecule has 92 valence electrons. The van der Waals surface area contributed by atoms with E-state index in [9.17, 15) is 4.39 Å². The van der Waals surface area contributed by atoms with Crippen LogP contribution in [0.3, 0.4) is 0 Å². The Morgan fingerprint density at radius 3 is 3.00 bits per heavy atom. The van der Waals surface area contributed by atoms with Gasteiger partial charge in [0.2, 0.25) is 0 Å². The molecule has 0 amide bonds. The van der Waals surface area contributed by atoms with Crippen LogP contribution in [0.15, 0.2) is 18.2 Å². The Hall–Kier alpha value is -1.04. The highest BCUT2D eigenvalue weighted by Gasteiger charge is 2.16. The van der Waals surface area contributed by atoms with Gasteiger partial charge in [0.15, 0.2) is 0 Å². The van der Waals surface area contributed by atoms with E-state index < -0.39 is 0 Å². The maximum atomic E-state index is 13.3. The summed E-state index contributed by atoms with van der Waals surface area (Å²) < 4.78 is 24.1. The number of thiocarbonyl (C=S) groups is 1. The van der Waals surface area contributed by atoms with Gasteiger partial charge in [0.05, 0.1) is 19.3 Å². The summed E-state index contributed by atoms with van der Waals surface area (Å²) in [6.45, 7) is 1.69. The Labute approximate surface area is 105 Å². The average Bonchev–Trinajstić information content (AvgIpc) is 2.78. The third-order valence-corrected chi connectivity index (χ3v) is 2.85. The summed E-state index contributed by atoms with van der Waals surface area (Å²) in [7, 11) is 0. The van der Waals surface area contributed by atoms with Crippen molar-refractivity contribution in [2.24, 2.45) is 5.73 Å². The fourth-order valence-corrected chi connectivity index (χ4v) is 1.85. The van der Waals surface area contributed by atoms with Crippen LogP contribution < -0.4 is 5.73 Å². The van der Waals surface area contributed by atoms with Crippen molar-refractivity contribution in [3.05, 3.63) is 35.1 Å². The molecule has 1 heterocycles. The van der Waals surface area contributed by atoms with E-state index in [-0.39, 0.29) is 16.9 Å². The zero-order chi connectivity index (χ0) is 12.3. The largest absolute Gasteiger partial charge is 0.389 e. The van der Waals surface area contributed by atoms with Crippen LogP contribution in [0.25, 0.3) is 0 Å². The van der Waals surface area contributed by atoms with Crippen molar-refractivity contribution in [1.29, 1.82) is 0 Å². The maximum absolute atomic E-state index is 13.3. The summed E-state index contributed by atoms with van der Waals surface area (Å²) in [5, 5.41) is 0. The van der Waals surface area contributed by atoms with Crippen LogP contribution >= 0.6 is 12.2 Å². The molecule has 0 saturated carbocycles. The van der Waals surface area contributed by atoms with E-state index >= 15 is 0 Å². The third kappa shape index (κ3) is 3.46. The SMILES string of the molecule is NC(=S)c1cc(F)cc(COC2CCOC2)c1. The molecule has 1 aliphatic heterocycles. The first-order valence-electron chi connectivity index (χ1n) is 5.44. The standard InChI is InChI=1S/C12H14FNO2S/c13-10-4-8(3-9(5-10)12(14)17)6-16-11-1-2-15-7-11/h3-5,11H,1-2,6-7H2,(H2,14,17). The van der Waals surface area contributed by atoms with Crippen LogP contribution in [0.1, 0.15) is 17.5 Å². The lowest BCUT2D eigenvalue weighted by Crippen LogP contribution is -2.13. The summed E-state index contributed by atoms with van der Waals surface area (Å²) >= 11 is 4.82. The third-order valence-electron chi connectivity index (χ3n) is 2.62. The van der Waals surface area contributed by atoms with Crippen molar-refractivity contribution in [3.63, 3.8) is 0 Å². The molecule has 2 rings (SSSR count). The molecular formula is C12H14FNO2S. The lowest BCUT2D eigenvalue weighted by atomic mass is 10.1. The normalized spacial score (nSPS) is 19.5. The monoisotopic (exact) mass is 255 g/mol. The molecule has 3 nitrogen and oxygen atoms in total. The number of nitrogens with two attached hydrogens (primary N) is 1. The second-order valence-electron chi connectivity index (χ2n) is 4.01. The van der Waals surface area contributed by atoms with Crippen LogP contribution in [0, 0.1) is 5.82 Å². The fourth-order valence-electron chi connectivity index (χ4n) is 1.73. The molecule has 0 bridgehead atoms. The second-order valence-corrected chi connectivity index (χ2v) is 4.45. The van der Waals surface area contributed by atoms with Gasteiger partial charge >= 0.3 is 0 Å². The van der Waals surface area contributed by atoms with E-state index in [1.165, 1.54) is 12.1 Å². The number of rotatable bonds is 4. The highest BCUT2D eigenvalue weighted by molar-refractivity contribution is 7.80. The molecule has 0 aromatic heterocycles. The average molecular weight is 255 g/mol. The molecule has 5 heteroatoms. The Bertz CT molecular complexity index is 419. The lowest BCUT2D eigenvalue weighted by Gasteiger charge is -2.10. The molecule has 1 fully saturated rings. The summed E-state index contributed by atoms with van der Waals surface area (Å²) in [6, 6.07) is 4.50. The van der Waals surface area contributed by atoms with Crippen LogP contribution in [0.4, 0.5) is 4.39 Å². The zero-order valence-corrected chi connectivity index (χ0v) is 10.1. The zero-order valence-electron chi connectivity index (χ0n) is 9.32. The van der Waals surface area contributed by atoms with Crippen LogP contribution in [0.5, 0.6) is 0 Å². The van der Waals surface area contributed by atoms with Gasteiger partial charge in [-0.3, -0.25) is 0 Å². The molecule has 0 radical (unpaired) electrons. The van der Waals surface area contributed by atoms with Crippen LogP contribution in [0.2, 0.25) is 0 Å². The van der Waals surface area contributed by atoms with Gasteiger partial charge in [-0.25, -0.2) is 4.39 Å². The maximum Gasteiger partial charge on any atom is 0.124 e. The molecule has 1 atom stereocenters. The minimum Gasteiger partial charge on any atom is -0.389 e. The van der Waals surface area contributed by atoms with Gasteiger partial charge in [0, 0.05) is 12.2 Å². The van der Waals surface area contributed by atoms with E-state index in [0.717, 1.165) is 18.6 Å². The Kier molecular flexibility index (Phi) is 4.04. The van der Waals surface area contributed by atoms with Crippen molar-refractivity contribution in [2.75, 3.05) is 13.2 Å². The quantitative estimate of drug-likeness (QED) is 0.833. The van der Waals surface area contributed by atoms with Gasteiger partial charge in [0.1, 0.15) is 10.8 Å². The first-order chi connectivity index (χ1) is 8.15. The fraction of sp³-hybridized carbons (Fsp3) is 0.417. The molecule has 1 aliphatic rings. The van der Waals surface area contributed by atoms with Crippen molar-refractivity contribution < 1.29 is 13.9 Å². The van der Waals surface area contributed by atoms with Crippen LogP contribution in [-0.4, -0.2) is 24.3 Å². The number of hydrogen-bond donors (Lipinski definition) is 1. The number of hydrogen-bond acceptors (Lipinski definition) is 3. The summed E-state index contributed by atoms with van der Waals surface area (Å²) in [5.74, 6) is -0.350. The summed E-state index contributed by atoms with van der Waals surface area (Å²) in [4.78, 5) is 0.190. The molecule has 1 aromatic rings. The van der Waals surface area contributed by atoms with Gasteiger partial charge in [0.25, 0.3) is 0 Å². The van der Waals surface area contributed by atoms with Gasteiger partial charge in [-0.1, -0.05) is 12.2 Å². The van der Waals surface area contributed by atoms with Gasteiger partial charge in [-0.05, 0) is 30.2 Å². The topological polar surface area (TPSA) is 44.5 Å². The van der Waals surface area contributed by atoms with E-state index in [2.05, 4.69) is 0 Å². The molecular weight excluding hydrogens is 241 g/mol. The van der Waals surface area contributed by atoms with E-state index in [0.29, 0.717) is 18.8 Å². The second kappa shape index (κ2) is 5.53. The Morgan fingerprint density at radius 1 is 1.53 bits per heavy atom. The predicted octanol–water partition coefficient (Wildman–Crippen LogP) is 1.77. The minimum atomic E-state index is -0.350. The first kappa shape index (κ1) is 12.4. The lowest BCUT2D eigenvalue weighted by molar-refractivity contribution is 0.0316. The number of ether oxygens (including phenoxy) is 2. The minimum absolute atomic E-state index is 0.103. The van der Waals surface area contributed by atoms with Gasteiger partial charge in [-0.2, -0.15) is 0 Å². The van der Waals surface area contributed by atoms with Crippen molar-refractivity contribution in [1.82, 2.24) is 0 Å². The molecule has 1 aromatic carbocycles. The Morgan fingerprint density at radius 2 is 2.35 bits per heavy atom. The molecule has 0 aliphatic carbocycles. The molecule has 17 heavy (non-hydrogen) atoms. The van der Waals surface area contributed by atoms with E-state index in [1.54, 1.807) is 6.07 Å². The smallest absolute Gasteiger partial charge is 0.124 e. The van der Waals surface area contributed by atoms with E-state index in [4.69, 9.17) is 27.4 Å². The van der Waals surface area contributed by atoms with Crippen LogP contribution in [-0.2, 0) is 16.1 Å². The van der Waals surface area contributed by atoms with Crippen molar-refractivity contribution in [2.45, 2.75) is 19.1 Å². The molecule has 2 N–H and O–H groups in total. The summed E-state index contributed by atoms with van der Waals surface area (Å²) in [6.07, 6.45) is 0.990. The Balaban J connectivity index is 2.01. The summed E-state index contributed by atoms with van der Waals surface area (Å²) in [5.41, 5.74) is 6.74. The highest BCUT2D eigenvalue weighted by atomic mass is 32.1. The van der Waals surface area contributed by atoms with Crippen molar-refractivity contribution >= 4 is 17.2 Å². The highest BCUT2D eigenvalue weighted by Crippen LogP contribution is 2.14. The van der Waals surface area contributed by atoms with E-state index in [1.807, 2.05) is 0 Å². The van der Waals surface area contributed by atoms with Crippen molar-refractivity contribution in [3.8, 4) is 0 Å². The molecule has 1 unspecified atom stereocenters. The molecule has 1 saturated heterocycles. The number of benzene rings is 1. The number of halogens is 1. The van der Waals surface area contributed by atoms with Gasteiger partial charge in [-0.15, -0.1) is 0 Å². The predicted molar refractivity (Wildman–Crippen MR) is 66.3 cm³/mol. The van der Waals surface area contributed by atoms with Gasteiger partial charge < -0.3 is 15.2 Å². The first-order valence-corrected chi connectivity index (χ1v) is 5.84.